The monoisotopic (exact) mass is 364 g/mol. The number of rotatable bonds is 0. The summed E-state index contributed by atoms with van der Waals surface area (Å²) in [7, 11) is 0. The fourth-order valence-corrected chi connectivity index (χ4v) is 6.63. The lowest BCUT2D eigenvalue weighted by atomic mass is 9.45. The second-order valence-electron chi connectivity index (χ2n) is 9.26. The highest BCUT2D eigenvalue weighted by atomic mass is 19.1. The molecule has 4 rings (SSSR count). The summed E-state index contributed by atoms with van der Waals surface area (Å²) in [6, 6.07) is 0. The fourth-order valence-electron chi connectivity index (χ4n) is 6.63. The zero-order chi connectivity index (χ0) is 19.1. The smallest absolute Gasteiger partial charge is 0.152 e. The Morgan fingerprint density at radius 1 is 1.23 bits per heavy atom. The van der Waals surface area contributed by atoms with E-state index in [-0.39, 0.29) is 35.8 Å². The van der Waals surface area contributed by atoms with E-state index in [4.69, 9.17) is 0 Å². The predicted molar refractivity (Wildman–Crippen MR) is 93.4 cm³/mol. The maximum Gasteiger partial charge on any atom is 0.152 e. The van der Waals surface area contributed by atoms with Crippen LogP contribution in [0.1, 0.15) is 40.0 Å². The Labute approximate surface area is 152 Å². The molecule has 0 saturated heterocycles. The van der Waals surface area contributed by atoms with Gasteiger partial charge in [-0.1, -0.05) is 19.9 Å². The minimum Gasteiger partial charge on any atom is -0.392 e. The highest BCUT2D eigenvalue weighted by Crippen LogP contribution is 2.68. The number of alkyl halides is 2. The van der Waals surface area contributed by atoms with Gasteiger partial charge < -0.3 is 10.2 Å². The van der Waals surface area contributed by atoms with Crippen LogP contribution in [0.15, 0.2) is 29.4 Å². The van der Waals surface area contributed by atoms with Crippen molar-refractivity contribution in [2.24, 2.45) is 28.6 Å². The number of halogens is 2. The number of fused-ring (bicyclic) bond motifs is 5. The van der Waals surface area contributed by atoms with E-state index in [2.05, 4.69) is 0 Å². The van der Waals surface area contributed by atoms with E-state index in [1.807, 2.05) is 13.8 Å². The lowest BCUT2D eigenvalue weighted by Gasteiger charge is -2.62. The van der Waals surface area contributed by atoms with Crippen molar-refractivity contribution in [3.63, 3.8) is 0 Å². The topological polar surface area (TPSA) is 57.5 Å². The molecule has 2 N–H and O–H groups in total. The lowest BCUT2D eigenvalue weighted by molar-refractivity contribution is -0.207. The largest absolute Gasteiger partial charge is 0.392 e. The van der Waals surface area contributed by atoms with Gasteiger partial charge in [0.25, 0.3) is 0 Å². The van der Waals surface area contributed by atoms with Crippen LogP contribution < -0.4 is 0 Å². The molecular weight excluding hydrogens is 338 g/mol. The molecule has 142 valence electrons. The Hall–Kier alpha value is -1.29. The molecule has 0 amide bonds. The quantitative estimate of drug-likeness (QED) is 0.650. The summed E-state index contributed by atoms with van der Waals surface area (Å²) in [5.41, 5.74) is -3.54. The van der Waals surface area contributed by atoms with E-state index in [1.165, 1.54) is 18.2 Å². The number of aliphatic hydroxyl groups excluding tert-OH is 2. The normalized spacial score (nSPS) is 55.5. The van der Waals surface area contributed by atoms with E-state index >= 15 is 8.78 Å². The first-order valence-corrected chi connectivity index (χ1v) is 9.45. The average molecular weight is 364 g/mol. The second-order valence-corrected chi connectivity index (χ2v) is 9.26. The molecule has 0 aromatic heterocycles. The van der Waals surface area contributed by atoms with Crippen LogP contribution in [0.5, 0.6) is 0 Å². The van der Waals surface area contributed by atoms with Gasteiger partial charge in [0.2, 0.25) is 0 Å². The zero-order valence-electron chi connectivity index (χ0n) is 15.4. The van der Waals surface area contributed by atoms with Crippen molar-refractivity contribution in [2.45, 2.75) is 64.1 Å². The first-order valence-electron chi connectivity index (χ1n) is 9.45. The van der Waals surface area contributed by atoms with Gasteiger partial charge in [0.15, 0.2) is 5.67 Å². The molecule has 4 aliphatic carbocycles. The maximum atomic E-state index is 16.7. The molecule has 3 saturated carbocycles. The Kier molecular flexibility index (Phi) is 3.74. The van der Waals surface area contributed by atoms with Crippen LogP contribution in [0.25, 0.3) is 0 Å². The molecule has 0 unspecified atom stereocenters. The Morgan fingerprint density at radius 2 is 1.92 bits per heavy atom. The van der Waals surface area contributed by atoms with E-state index in [0.29, 0.717) is 6.42 Å². The molecule has 0 spiro atoms. The molecule has 9 atom stereocenters. The van der Waals surface area contributed by atoms with E-state index in [9.17, 15) is 15.0 Å². The van der Waals surface area contributed by atoms with Crippen molar-refractivity contribution in [1.29, 1.82) is 0 Å². The standard InChI is InChI=1S/C21H26F2O3/c1-11-6-13-14-8-16(22)15-7-12(10-24)4-5-20(15,3)21(14,23)17(25)9-19(13,2)18(11)26/h4-5,7,11,13-14,16-18,25-26H,6,8-9H2,1-3H3/t11-,13+,14+,16+,17+,18-,19+,20+,21+/m1/s1. The average Bonchev–Trinajstić information content (AvgIpc) is 2.82. The molecule has 0 bridgehead atoms. The predicted octanol–water partition coefficient (Wildman–Crippen LogP) is 3.10. The number of hydrogen-bond acceptors (Lipinski definition) is 3. The van der Waals surface area contributed by atoms with Crippen LogP contribution in [-0.4, -0.2) is 40.2 Å². The first-order chi connectivity index (χ1) is 12.1. The third-order valence-electron chi connectivity index (χ3n) is 8.05. The first kappa shape index (κ1) is 18.1. The number of aliphatic hydroxyl groups is 2. The van der Waals surface area contributed by atoms with Crippen LogP contribution >= 0.6 is 0 Å². The molecule has 0 aromatic carbocycles. The Balaban J connectivity index is 1.87. The van der Waals surface area contributed by atoms with Crippen molar-refractivity contribution < 1.29 is 23.8 Å². The van der Waals surface area contributed by atoms with Gasteiger partial charge in [-0.15, -0.1) is 0 Å². The van der Waals surface area contributed by atoms with Crippen molar-refractivity contribution in [2.75, 3.05) is 0 Å². The summed E-state index contributed by atoms with van der Waals surface area (Å²) in [5, 5.41) is 21.6. The molecule has 3 fully saturated rings. The third-order valence-corrected chi connectivity index (χ3v) is 8.05. The van der Waals surface area contributed by atoms with Crippen molar-refractivity contribution in [1.82, 2.24) is 0 Å². The molecule has 0 radical (unpaired) electrons. The summed E-state index contributed by atoms with van der Waals surface area (Å²) < 4.78 is 31.9. The number of carbonyl (C=O) groups excluding carboxylic acids is 1. The highest BCUT2D eigenvalue weighted by Gasteiger charge is 2.72. The molecule has 5 heteroatoms. The highest BCUT2D eigenvalue weighted by molar-refractivity contribution is 5.66. The van der Waals surface area contributed by atoms with Gasteiger partial charge in [0, 0.05) is 11.3 Å². The van der Waals surface area contributed by atoms with Crippen LogP contribution in [-0.2, 0) is 4.79 Å². The number of allylic oxidation sites excluding steroid dienone is 5. The van der Waals surface area contributed by atoms with Gasteiger partial charge in [-0.3, -0.25) is 0 Å². The zero-order valence-corrected chi connectivity index (χ0v) is 15.4. The lowest BCUT2D eigenvalue weighted by Crippen LogP contribution is -2.68. The van der Waals surface area contributed by atoms with Crippen LogP contribution in [0.2, 0.25) is 0 Å². The van der Waals surface area contributed by atoms with E-state index in [1.54, 1.807) is 12.9 Å². The second kappa shape index (κ2) is 5.37. The summed E-state index contributed by atoms with van der Waals surface area (Å²) in [4.78, 5) is 11.0. The summed E-state index contributed by atoms with van der Waals surface area (Å²) >= 11 is 0. The van der Waals surface area contributed by atoms with Crippen molar-refractivity contribution in [3.8, 4) is 0 Å². The van der Waals surface area contributed by atoms with E-state index < -0.39 is 40.8 Å². The SMILES string of the molecule is C[C@@H]1C[C@H]2[C@@H]3C[C@H](F)C4=CC(=C=O)C=C[C@]4(C)[C@@]3(F)[C@@H](O)C[C@]2(C)[C@@H]1O. The minimum atomic E-state index is -2.03. The third kappa shape index (κ3) is 1.92. The molecule has 0 aliphatic heterocycles. The van der Waals surface area contributed by atoms with Gasteiger partial charge in [-0.05, 0) is 61.2 Å². The molecule has 0 aromatic rings. The molecule has 26 heavy (non-hydrogen) atoms. The summed E-state index contributed by atoms with van der Waals surface area (Å²) in [5.74, 6) is 0.871. The van der Waals surface area contributed by atoms with Crippen molar-refractivity contribution in [3.05, 3.63) is 29.4 Å². The number of hydrogen-bond donors (Lipinski definition) is 2. The van der Waals surface area contributed by atoms with Gasteiger partial charge in [-0.2, -0.15) is 0 Å². The Morgan fingerprint density at radius 3 is 2.58 bits per heavy atom. The van der Waals surface area contributed by atoms with Gasteiger partial charge in [0.05, 0.1) is 17.8 Å². The fraction of sp³-hybridized carbons (Fsp3) is 0.714. The summed E-state index contributed by atoms with van der Waals surface area (Å²) in [6.07, 6.45) is 1.83. The maximum absolute atomic E-state index is 16.7. The van der Waals surface area contributed by atoms with Crippen LogP contribution in [0, 0.1) is 28.6 Å². The van der Waals surface area contributed by atoms with Gasteiger partial charge in [-0.25, -0.2) is 13.6 Å². The Bertz CT molecular complexity index is 754. The van der Waals surface area contributed by atoms with Crippen LogP contribution in [0.4, 0.5) is 8.78 Å². The molecule has 4 aliphatic rings. The van der Waals surface area contributed by atoms with Gasteiger partial charge in [0.1, 0.15) is 12.1 Å². The van der Waals surface area contributed by atoms with E-state index in [0.717, 1.165) is 0 Å². The minimum absolute atomic E-state index is 0.00569. The molecular formula is C21H26F2O3. The van der Waals surface area contributed by atoms with Crippen LogP contribution in [0.3, 0.4) is 0 Å². The molecule has 3 nitrogen and oxygen atoms in total. The van der Waals surface area contributed by atoms with Crippen molar-refractivity contribution >= 4 is 5.94 Å². The molecule has 0 heterocycles. The summed E-state index contributed by atoms with van der Waals surface area (Å²) in [6.45, 7) is 5.46. The van der Waals surface area contributed by atoms with Gasteiger partial charge >= 0.3 is 0 Å².